The average Bonchev–Trinajstić information content (AvgIpc) is 3.48. The molecule has 0 saturated heterocycles. The van der Waals surface area contributed by atoms with Crippen LogP contribution in [0.4, 0.5) is 0 Å². The zero-order valence-corrected chi connectivity index (χ0v) is 19.7. The van der Waals surface area contributed by atoms with E-state index in [1.807, 2.05) is 0 Å². The lowest BCUT2D eigenvalue weighted by molar-refractivity contribution is -0.143. The SMILES string of the molecule is CC(C)C(NC(=O)C(CS)NC(=O)C(Cc1cnc[nH]1)NC(=O)C(N)Cc1cnc[nH]1)C(=O)O. The number of aromatic amines is 2. The van der Waals surface area contributed by atoms with Gasteiger partial charge in [-0.3, -0.25) is 14.4 Å². The molecular formula is C20H30N8O5S. The van der Waals surface area contributed by atoms with E-state index in [-0.39, 0.29) is 24.5 Å². The van der Waals surface area contributed by atoms with E-state index in [9.17, 15) is 24.3 Å². The van der Waals surface area contributed by atoms with Crippen LogP contribution >= 0.6 is 12.6 Å². The summed E-state index contributed by atoms with van der Waals surface area (Å²) in [7, 11) is 0. The largest absolute Gasteiger partial charge is 0.480 e. The molecule has 2 heterocycles. The van der Waals surface area contributed by atoms with Crippen LogP contribution in [0.15, 0.2) is 25.0 Å². The number of rotatable bonds is 13. The zero-order chi connectivity index (χ0) is 25.3. The number of carbonyl (C=O) groups excluding carboxylic acids is 3. The standard InChI is InChI=1S/C20H30N8O5S/c1-10(2)16(20(32)33)28-19(31)15(7-34)27-18(30)14(4-12-6-23-9-25-12)26-17(29)13(21)3-11-5-22-8-24-11/h5-6,8-10,13-16,34H,3-4,7,21H2,1-2H3,(H,22,24)(H,23,25)(H,26,29)(H,27,30)(H,28,31)(H,32,33). The molecule has 34 heavy (non-hydrogen) atoms. The van der Waals surface area contributed by atoms with Gasteiger partial charge < -0.3 is 36.8 Å². The number of nitrogens with two attached hydrogens (primary N) is 1. The van der Waals surface area contributed by atoms with Crippen molar-refractivity contribution in [3.8, 4) is 0 Å². The maximum atomic E-state index is 13.0. The van der Waals surface area contributed by atoms with E-state index < -0.39 is 47.9 Å². The molecule has 3 amide bonds. The van der Waals surface area contributed by atoms with Crippen LogP contribution in [0, 0.1) is 5.92 Å². The number of aliphatic carboxylic acids is 1. The number of thiol groups is 1. The third-order valence-corrected chi connectivity index (χ3v) is 5.35. The second kappa shape index (κ2) is 12.7. The molecule has 0 bridgehead atoms. The third-order valence-electron chi connectivity index (χ3n) is 4.99. The maximum Gasteiger partial charge on any atom is 0.326 e. The second-order valence-corrected chi connectivity index (χ2v) is 8.41. The lowest BCUT2D eigenvalue weighted by Gasteiger charge is -2.25. The fourth-order valence-corrected chi connectivity index (χ4v) is 3.32. The molecule has 0 spiro atoms. The molecule has 0 aliphatic carbocycles. The van der Waals surface area contributed by atoms with Crippen LogP contribution in [-0.2, 0) is 32.0 Å². The van der Waals surface area contributed by atoms with E-state index in [1.165, 1.54) is 18.9 Å². The van der Waals surface area contributed by atoms with Crippen molar-refractivity contribution < 1.29 is 24.3 Å². The molecule has 186 valence electrons. The molecule has 0 aromatic carbocycles. The van der Waals surface area contributed by atoms with Gasteiger partial charge in [-0.1, -0.05) is 13.8 Å². The van der Waals surface area contributed by atoms with Gasteiger partial charge in [0.25, 0.3) is 0 Å². The predicted octanol–water partition coefficient (Wildman–Crippen LogP) is -1.63. The number of aromatic nitrogens is 4. The van der Waals surface area contributed by atoms with E-state index in [4.69, 9.17) is 5.73 Å². The quantitative estimate of drug-likeness (QED) is 0.151. The second-order valence-electron chi connectivity index (χ2n) is 8.04. The molecule has 8 N–H and O–H groups in total. The maximum absolute atomic E-state index is 13.0. The Morgan fingerprint density at radius 2 is 1.47 bits per heavy atom. The molecular weight excluding hydrogens is 464 g/mol. The molecule has 2 aromatic heterocycles. The molecule has 0 aliphatic heterocycles. The number of nitrogens with one attached hydrogen (secondary N) is 5. The number of carbonyl (C=O) groups is 4. The van der Waals surface area contributed by atoms with Crippen LogP contribution in [0.5, 0.6) is 0 Å². The van der Waals surface area contributed by atoms with E-state index in [0.717, 1.165) is 0 Å². The molecule has 0 fully saturated rings. The van der Waals surface area contributed by atoms with Gasteiger partial charge in [-0.05, 0) is 5.92 Å². The van der Waals surface area contributed by atoms with Gasteiger partial charge in [-0.25, -0.2) is 14.8 Å². The van der Waals surface area contributed by atoms with Gasteiger partial charge in [0, 0.05) is 42.4 Å². The van der Waals surface area contributed by atoms with E-state index in [0.29, 0.717) is 11.4 Å². The Labute approximate surface area is 201 Å². The molecule has 14 heteroatoms. The molecule has 2 rings (SSSR count). The van der Waals surface area contributed by atoms with E-state index >= 15 is 0 Å². The molecule has 4 atom stereocenters. The Morgan fingerprint density at radius 1 is 0.941 bits per heavy atom. The first-order valence-electron chi connectivity index (χ1n) is 10.6. The fraction of sp³-hybridized carbons (Fsp3) is 0.500. The van der Waals surface area contributed by atoms with Crippen LogP contribution in [0.3, 0.4) is 0 Å². The first-order valence-corrected chi connectivity index (χ1v) is 11.2. The lowest BCUT2D eigenvalue weighted by atomic mass is 10.0. The Balaban J connectivity index is 2.09. The van der Waals surface area contributed by atoms with Crippen LogP contribution < -0.4 is 21.7 Å². The highest BCUT2D eigenvalue weighted by Gasteiger charge is 2.31. The minimum atomic E-state index is -1.19. The number of hydrogen-bond acceptors (Lipinski definition) is 8. The van der Waals surface area contributed by atoms with Crippen LogP contribution in [0.25, 0.3) is 0 Å². The average molecular weight is 495 g/mol. The highest BCUT2D eigenvalue weighted by atomic mass is 32.1. The number of imidazole rings is 2. The first kappa shape index (κ1) is 26.9. The van der Waals surface area contributed by atoms with Crippen molar-refractivity contribution in [1.82, 2.24) is 35.9 Å². The highest BCUT2D eigenvalue weighted by Crippen LogP contribution is 2.05. The number of hydrogen-bond donors (Lipinski definition) is 8. The molecule has 4 unspecified atom stereocenters. The van der Waals surface area contributed by atoms with Crippen LogP contribution in [0.1, 0.15) is 25.2 Å². The predicted molar refractivity (Wildman–Crippen MR) is 125 cm³/mol. The summed E-state index contributed by atoms with van der Waals surface area (Å²) in [6.07, 6.45) is 6.17. The summed E-state index contributed by atoms with van der Waals surface area (Å²) in [6.45, 7) is 3.30. The molecule has 13 nitrogen and oxygen atoms in total. The first-order chi connectivity index (χ1) is 16.1. The minimum absolute atomic E-state index is 0.0546. The Kier molecular flexibility index (Phi) is 10.1. The summed E-state index contributed by atoms with van der Waals surface area (Å²) in [4.78, 5) is 63.2. The topological polar surface area (TPSA) is 208 Å². The van der Waals surface area contributed by atoms with Crippen LogP contribution in [-0.4, -0.2) is 78.7 Å². The van der Waals surface area contributed by atoms with Crippen molar-refractivity contribution in [2.24, 2.45) is 11.7 Å². The Morgan fingerprint density at radius 3 is 1.94 bits per heavy atom. The number of H-pyrrole nitrogens is 2. The van der Waals surface area contributed by atoms with Gasteiger partial charge >= 0.3 is 5.97 Å². The number of nitrogens with zero attached hydrogens (tertiary/aromatic N) is 2. The molecule has 0 saturated carbocycles. The number of carboxylic acids is 1. The zero-order valence-electron chi connectivity index (χ0n) is 18.8. The Hall–Kier alpha value is -3.39. The van der Waals surface area contributed by atoms with Crippen molar-refractivity contribution in [2.45, 2.75) is 50.9 Å². The van der Waals surface area contributed by atoms with Gasteiger partial charge in [0.1, 0.15) is 18.1 Å². The highest BCUT2D eigenvalue weighted by molar-refractivity contribution is 7.80. The third kappa shape index (κ3) is 7.88. The van der Waals surface area contributed by atoms with Gasteiger partial charge in [-0.15, -0.1) is 0 Å². The van der Waals surface area contributed by atoms with E-state index in [2.05, 4.69) is 48.5 Å². The van der Waals surface area contributed by atoms with Crippen molar-refractivity contribution in [2.75, 3.05) is 5.75 Å². The fourth-order valence-electron chi connectivity index (χ4n) is 3.06. The van der Waals surface area contributed by atoms with Gasteiger partial charge in [0.2, 0.25) is 17.7 Å². The number of carboxylic acid groups (broad SMARTS) is 1. The molecule has 2 aromatic rings. The van der Waals surface area contributed by atoms with Gasteiger partial charge in [0.05, 0.1) is 18.7 Å². The molecule has 0 aliphatic rings. The smallest absolute Gasteiger partial charge is 0.326 e. The summed E-state index contributed by atoms with van der Waals surface area (Å²) in [6, 6.07) is -4.30. The van der Waals surface area contributed by atoms with Crippen LogP contribution in [0.2, 0.25) is 0 Å². The van der Waals surface area contributed by atoms with Gasteiger partial charge in [-0.2, -0.15) is 12.6 Å². The minimum Gasteiger partial charge on any atom is -0.480 e. The summed E-state index contributed by atoms with van der Waals surface area (Å²) < 4.78 is 0. The van der Waals surface area contributed by atoms with Crippen molar-refractivity contribution in [3.63, 3.8) is 0 Å². The lowest BCUT2D eigenvalue weighted by Crippen LogP contribution is -2.58. The summed E-state index contributed by atoms with van der Waals surface area (Å²) in [5, 5.41) is 16.8. The van der Waals surface area contributed by atoms with E-state index in [1.54, 1.807) is 20.0 Å². The molecule has 0 radical (unpaired) electrons. The monoisotopic (exact) mass is 494 g/mol. The van der Waals surface area contributed by atoms with Crippen molar-refractivity contribution in [3.05, 3.63) is 36.4 Å². The normalized spacial score (nSPS) is 14.6. The van der Waals surface area contributed by atoms with Gasteiger partial charge in [0.15, 0.2) is 0 Å². The summed E-state index contributed by atoms with van der Waals surface area (Å²) in [5.74, 6) is -3.60. The van der Waals surface area contributed by atoms with Crippen molar-refractivity contribution >= 4 is 36.3 Å². The van der Waals surface area contributed by atoms with Crippen molar-refractivity contribution in [1.29, 1.82) is 0 Å². The summed E-state index contributed by atoms with van der Waals surface area (Å²) >= 11 is 4.11. The Bertz CT molecular complexity index is 950. The summed E-state index contributed by atoms with van der Waals surface area (Å²) in [5.41, 5.74) is 7.20. The number of amides is 3.